The molecule has 0 radical (unpaired) electrons. The van der Waals surface area contributed by atoms with E-state index in [2.05, 4.69) is 20.3 Å². The molecule has 1 aromatic carbocycles. The van der Waals surface area contributed by atoms with E-state index in [-0.39, 0.29) is 5.91 Å². The van der Waals surface area contributed by atoms with Crippen molar-refractivity contribution in [3.05, 3.63) is 54.4 Å². The molecule has 0 unspecified atom stereocenters. The normalized spacial score (nSPS) is 10.6. The molecule has 0 atom stereocenters. The Morgan fingerprint density at radius 2 is 2.20 bits per heavy atom. The van der Waals surface area contributed by atoms with Crippen LogP contribution in [0.4, 0.5) is 0 Å². The van der Waals surface area contributed by atoms with Gasteiger partial charge in [-0.15, -0.1) is 0 Å². The van der Waals surface area contributed by atoms with Gasteiger partial charge < -0.3 is 9.73 Å². The van der Waals surface area contributed by atoms with Crippen molar-refractivity contribution >= 4 is 17.0 Å². The molecule has 0 bridgehead atoms. The van der Waals surface area contributed by atoms with Crippen LogP contribution in [0.1, 0.15) is 16.1 Å². The van der Waals surface area contributed by atoms with E-state index in [0.717, 1.165) is 16.7 Å². The van der Waals surface area contributed by atoms with Crippen molar-refractivity contribution in [1.29, 1.82) is 0 Å². The highest BCUT2D eigenvalue weighted by Gasteiger charge is 2.06. The van der Waals surface area contributed by atoms with Crippen molar-refractivity contribution in [3.8, 4) is 0 Å². The van der Waals surface area contributed by atoms with Crippen molar-refractivity contribution in [1.82, 2.24) is 20.3 Å². The van der Waals surface area contributed by atoms with Crippen LogP contribution in [-0.4, -0.2) is 27.4 Å². The number of nitrogens with one attached hydrogen (secondary N) is 1. The van der Waals surface area contributed by atoms with E-state index >= 15 is 0 Å². The molecule has 0 aliphatic carbocycles. The van der Waals surface area contributed by atoms with Gasteiger partial charge in [-0.05, 0) is 24.1 Å². The number of hydrogen-bond donors (Lipinski definition) is 1. The molecule has 0 spiro atoms. The summed E-state index contributed by atoms with van der Waals surface area (Å²) >= 11 is 0. The standard InChI is InChI=1S/C14H12N4O2/c19-14(12-8-15-5-6-16-12)17-4-3-10-1-2-11-13(7-10)20-9-18-11/h1-2,5-9H,3-4H2,(H,17,19). The van der Waals surface area contributed by atoms with E-state index in [1.54, 1.807) is 0 Å². The van der Waals surface area contributed by atoms with E-state index in [0.29, 0.717) is 18.7 Å². The number of hydrogen-bond acceptors (Lipinski definition) is 5. The minimum atomic E-state index is -0.223. The minimum Gasteiger partial charge on any atom is -0.443 e. The molecule has 6 nitrogen and oxygen atoms in total. The van der Waals surface area contributed by atoms with Crippen molar-refractivity contribution in [2.45, 2.75) is 6.42 Å². The molecule has 1 amide bonds. The van der Waals surface area contributed by atoms with Crippen molar-refractivity contribution in [3.63, 3.8) is 0 Å². The Hall–Kier alpha value is -2.76. The third-order valence-corrected chi connectivity index (χ3v) is 2.89. The molecular formula is C14H12N4O2. The van der Waals surface area contributed by atoms with Crippen LogP contribution in [0.2, 0.25) is 0 Å². The van der Waals surface area contributed by atoms with E-state index in [1.165, 1.54) is 25.0 Å². The summed E-state index contributed by atoms with van der Waals surface area (Å²) in [7, 11) is 0. The molecule has 1 N–H and O–H groups in total. The first-order valence-corrected chi connectivity index (χ1v) is 6.19. The number of carbonyl (C=O) groups excluding carboxylic acids is 1. The Bertz CT molecular complexity index is 724. The molecule has 2 aromatic heterocycles. The van der Waals surface area contributed by atoms with Gasteiger partial charge in [0.1, 0.15) is 11.2 Å². The number of rotatable bonds is 4. The Balaban J connectivity index is 1.58. The Labute approximate surface area is 114 Å². The van der Waals surface area contributed by atoms with Gasteiger partial charge in [-0.1, -0.05) is 6.07 Å². The smallest absolute Gasteiger partial charge is 0.271 e. The maximum Gasteiger partial charge on any atom is 0.271 e. The summed E-state index contributed by atoms with van der Waals surface area (Å²) in [6.07, 6.45) is 6.60. The molecule has 6 heteroatoms. The van der Waals surface area contributed by atoms with Gasteiger partial charge in [-0.25, -0.2) is 9.97 Å². The Morgan fingerprint density at radius 1 is 1.25 bits per heavy atom. The van der Waals surface area contributed by atoms with E-state index in [4.69, 9.17) is 4.42 Å². The lowest BCUT2D eigenvalue weighted by molar-refractivity contribution is 0.0949. The fourth-order valence-electron chi connectivity index (χ4n) is 1.88. The van der Waals surface area contributed by atoms with Gasteiger partial charge in [0.25, 0.3) is 5.91 Å². The zero-order valence-corrected chi connectivity index (χ0v) is 10.6. The van der Waals surface area contributed by atoms with Gasteiger partial charge in [0.05, 0.1) is 6.20 Å². The van der Waals surface area contributed by atoms with Gasteiger partial charge in [0, 0.05) is 18.9 Å². The average molecular weight is 268 g/mol. The molecule has 0 saturated heterocycles. The monoisotopic (exact) mass is 268 g/mol. The van der Waals surface area contributed by atoms with Crippen LogP contribution in [0.3, 0.4) is 0 Å². The second-order valence-electron chi connectivity index (χ2n) is 4.25. The lowest BCUT2D eigenvalue weighted by Crippen LogP contribution is -2.26. The van der Waals surface area contributed by atoms with Crippen molar-refractivity contribution < 1.29 is 9.21 Å². The SMILES string of the molecule is O=C(NCCc1ccc2ncoc2c1)c1cnccn1. The Kier molecular flexibility index (Phi) is 3.36. The summed E-state index contributed by atoms with van der Waals surface area (Å²) < 4.78 is 5.24. The maximum atomic E-state index is 11.8. The second-order valence-corrected chi connectivity index (χ2v) is 4.25. The molecule has 100 valence electrons. The highest BCUT2D eigenvalue weighted by Crippen LogP contribution is 2.14. The van der Waals surface area contributed by atoms with Gasteiger partial charge in [0.2, 0.25) is 0 Å². The first-order chi connectivity index (χ1) is 9.83. The Morgan fingerprint density at radius 3 is 3.05 bits per heavy atom. The highest BCUT2D eigenvalue weighted by molar-refractivity contribution is 5.91. The lowest BCUT2D eigenvalue weighted by atomic mass is 10.1. The number of benzene rings is 1. The van der Waals surface area contributed by atoms with Crippen LogP contribution in [0.25, 0.3) is 11.1 Å². The summed E-state index contributed by atoms with van der Waals surface area (Å²) in [6.45, 7) is 0.523. The lowest BCUT2D eigenvalue weighted by Gasteiger charge is -2.04. The van der Waals surface area contributed by atoms with Gasteiger partial charge >= 0.3 is 0 Å². The molecule has 20 heavy (non-hydrogen) atoms. The number of fused-ring (bicyclic) bond motifs is 1. The fourth-order valence-corrected chi connectivity index (χ4v) is 1.88. The molecule has 3 aromatic rings. The highest BCUT2D eigenvalue weighted by atomic mass is 16.3. The van der Waals surface area contributed by atoms with E-state index in [9.17, 15) is 4.79 Å². The predicted octanol–water partition coefficient (Wildman–Crippen LogP) is 1.59. The number of aromatic nitrogens is 3. The van der Waals surface area contributed by atoms with Crippen LogP contribution in [0, 0.1) is 0 Å². The number of carbonyl (C=O) groups is 1. The maximum absolute atomic E-state index is 11.8. The third-order valence-electron chi connectivity index (χ3n) is 2.89. The van der Waals surface area contributed by atoms with Crippen molar-refractivity contribution in [2.75, 3.05) is 6.54 Å². The summed E-state index contributed by atoms with van der Waals surface area (Å²) in [5, 5.41) is 2.80. The zero-order valence-electron chi connectivity index (χ0n) is 10.6. The molecule has 0 fully saturated rings. The number of oxazole rings is 1. The van der Waals surface area contributed by atoms with E-state index in [1.807, 2.05) is 18.2 Å². The average Bonchev–Trinajstić information content (AvgIpc) is 2.95. The molecule has 3 rings (SSSR count). The molecule has 2 heterocycles. The van der Waals surface area contributed by atoms with Gasteiger partial charge in [0.15, 0.2) is 12.0 Å². The van der Waals surface area contributed by atoms with Gasteiger partial charge in [-0.2, -0.15) is 0 Å². The fraction of sp³-hybridized carbons (Fsp3) is 0.143. The molecular weight excluding hydrogens is 256 g/mol. The molecule has 0 aliphatic rings. The minimum absolute atomic E-state index is 0.223. The summed E-state index contributed by atoms with van der Waals surface area (Å²) in [4.78, 5) is 23.6. The quantitative estimate of drug-likeness (QED) is 0.777. The van der Waals surface area contributed by atoms with Crippen LogP contribution in [0.5, 0.6) is 0 Å². The van der Waals surface area contributed by atoms with Crippen LogP contribution >= 0.6 is 0 Å². The van der Waals surface area contributed by atoms with Crippen LogP contribution in [0.15, 0.2) is 47.6 Å². The largest absolute Gasteiger partial charge is 0.443 e. The van der Waals surface area contributed by atoms with Crippen molar-refractivity contribution in [2.24, 2.45) is 0 Å². The van der Waals surface area contributed by atoms with E-state index < -0.39 is 0 Å². The van der Waals surface area contributed by atoms with Crippen LogP contribution in [-0.2, 0) is 6.42 Å². The predicted molar refractivity (Wildman–Crippen MR) is 72.1 cm³/mol. The second kappa shape index (κ2) is 5.48. The first-order valence-electron chi connectivity index (χ1n) is 6.19. The summed E-state index contributed by atoms with van der Waals surface area (Å²) in [5.41, 5.74) is 2.98. The molecule has 0 aliphatic heterocycles. The first kappa shape index (κ1) is 12.3. The summed E-state index contributed by atoms with van der Waals surface area (Å²) in [6, 6.07) is 5.80. The molecule has 0 saturated carbocycles. The zero-order chi connectivity index (χ0) is 13.8. The van der Waals surface area contributed by atoms with Crippen LogP contribution < -0.4 is 5.32 Å². The topological polar surface area (TPSA) is 80.9 Å². The number of nitrogens with zero attached hydrogens (tertiary/aromatic N) is 3. The third kappa shape index (κ3) is 2.64. The number of amides is 1. The summed E-state index contributed by atoms with van der Waals surface area (Å²) in [5.74, 6) is -0.223. The van der Waals surface area contributed by atoms with Gasteiger partial charge in [-0.3, -0.25) is 9.78 Å².